The van der Waals surface area contributed by atoms with E-state index < -0.39 is 5.82 Å². The first-order valence-electron chi connectivity index (χ1n) is 10.2. The zero-order valence-electron chi connectivity index (χ0n) is 17.3. The molecule has 3 heterocycles. The van der Waals surface area contributed by atoms with Crippen molar-refractivity contribution in [3.63, 3.8) is 0 Å². The Bertz CT molecular complexity index is 1230. The van der Waals surface area contributed by atoms with Crippen LogP contribution < -0.4 is 19.7 Å². The van der Waals surface area contributed by atoms with E-state index in [9.17, 15) is 14.0 Å². The molecule has 2 amide bonds. The number of fused-ring (bicyclic) bond motifs is 1. The fraction of sp³-hybridized carbons (Fsp3) is 0.261. The maximum absolute atomic E-state index is 14.7. The second-order valence-corrected chi connectivity index (χ2v) is 8.85. The maximum atomic E-state index is 14.7. The van der Waals surface area contributed by atoms with E-state index in [0.717, 1.165) is 16.9 Å². The minimum Gasteiger partial charge on any atom is -0.454 e. The van der Waals surface area contributed by atoms with Crippen LogP contribution in [0.4, 0.5) is 15.2 Å². The molecule has 1 N–H and O–H groups in total. The van der Waals surface area contributed by atoms with Crippen LogP contribution in [0.5, 0.6) is 11.5 Å². The molecule has 3 aromatic rings. The molecule has 32 heavy (non-hydrogen) atoms. The lowest BCUT2D eigenvalue weighted by atomic mass is 10.1. The third-order valence-electron chi connectivity index (χ3n) is 5.43. The summed E-state index contributed by atoms with van der Waals surface area (Å²) < 4.78 is 25.4. The summed E-state index contributed by atoms with van der Waals surface area (Å²) in [6, 6.07) is 10.2. The molecule has 164 valence electrons. The Kier molecular flexibility index (Phi) is 5.26. The summed E-state index contributed by atoms with van der Waals surface area (Å²) in [7, 11) is 0. The molecule has 0 saturated carbocycles. The summed E-state index contributed by atoms with van der Waals surface area (Å²) in [6.07, 6.45) is 1.35. The van der Waals surface area contributed by atoms with Crippen molar-refractivity contribution in [3.05, 3.63) is 52.7 Å². The number of thiazole rings is 1. The predicted molar refractivity (Wildman–Crippen MR) is 119 cm³/mol. The van der Waals surface area contributed by atoms with Gasteiger partial charge in [0.1, 0.15) is 5.82 Å². The van der Waals surface area contributed by atoms with E-state index in [1.807, 2.05) is 13.0 Å². The molecule has 9 heteroatoms. The van der Waals surface area contributed by atoms with E-state index in [0.29, 0.717) is 46.5 Å². The van der Waals surface area contributed by atoms with E-state index in [-0.39, 0.29) is 25.0 Å². The minimum absolute atomic E-state index is 0.0612. The summed E-state index contributed by atoms with van der Waals surface area (Å²) in [4.78, 5) is 31.3. The predicted octanol–water partition coefficient (Wildman–Crippen LogP) is 4.29. The number of amides is 2. The Labute approximate surface area is 187 Å². The van der Waals surface area contributed by atoms with Gasteiger partial charge in [-0.2, -0.15) is 0 Å². The van der Waals surface area contributed by atoms with Crippen LogP contribution in [0.1, 0.15) is 23.3 Å². The van der Waals surface area contributed by atoms with Crippen molar-refractivity contribution in [1.82, 2.24) is 4.98 Å². The average Bonchev–Trinajstić information content (AvgIpc) is 3.48. The van der Waals surface area contributed by atoms with Gasteiger partial charge < -0.3 is 19.7 Å². The van der Waals surface area contributed by atoms with Crippen molar-refractivity contribution < 1.29 is 23.5 Å². The number of rotatable bonds is 5. The molecule has 1 aromatic heterocycles. The van der Waals surface area contributed by atoms with Crippen LogP contribution in [0.3, 0.4) is 0 Å². The standard InChI is InChI=1S/C23H20FN3O4S/c1-13-22(15-5-6-17(16(24)11-15)27-8-2-3-21(27)29)26-23(32-13)25-20(28)10-14-4-7-18-19(9-14)31-12-30-18/h4-7,9,11H,2-3,8,10,12H2,1H3,(H,25,26,28). The van der Waals surface area contributed by atoms with Crippen LogP contribution in [-0.2, 0) is 16.0 Å². The normalized spacial score (nSPS) is 14.8. The van der Waals surface area contributed by atoms with Gasteiger partial charge in [-0.25, -0.2) is 9.37 Å². The lowest BCUT2D eigenvalue weighted by molar-refractivity contribution is -0.117. The number of anilines is 2. The smallest absolute Gasteiger partial charge is 0.231 e. The fourth-order valence-electron chi connectivity index (χ4n) is 3.89. The third kappa shape index (κ3) is 3.91. The van der Waals surface area contributed by atoms with Crippen molar-refractivity contribution >= 4 is 34.0 Å². The second-order valence-electron chi connectivity index (χ2n) is 7.65. The van der Waals surface area contributed by atoms with Gasteiger partial charge in [-0.15, -0.1) is 11.3 Å². The molecule has 0 unspecified atom stereocenters. The highest BCUT2D eigenvalue weighted by atomic mass is 32.1. The molecule has 0 aliphatic carbocycles. The summed E-state index contributed by atoms with van der Waals surface area (Å²) in [5, 5.41) is 3.26. The van der Waals surface area contributed by atoms with Crippen LogP contribution in [0, 0.1) is 12.7 Å². The van der Waals surface area contributed by atoms with Crippen LogP contribution in [-0.4, -0.2) is 30.1 Å². The van der Waals surface area contributed by atoms with Crippen LogP contribution in [0.15, 0.2) is 36.4 Å². The van der Waals surface area contributed by atoms with Gasteiger partial charge in [0.15, 0.2) is 16.6 Å². The Morgan fingerprint density at radius 1 is 1.22 bits per heavy atom. The number of carbonyl (C=O) groups is 2. The molecular weight excluding hydrogens is 433 g/mol. The van der Waals surface area contributed by atoms with Gasteiger partial charge in [0, 0.05) is 23.4 Å². The Morgan fingerprint density at radius 3 is 2.84 bits per heavy atom. The number of ether oxygens (including phenoxy) is 2. The van der Waals surface area contributed by atoms with Gasteiger partial charge in [-0.1, -0.05) is 12.1 Å². The third-order valence-corrected chi connectivity index (χ3v) is 6.32. The average molecular weight is 453 g/mol. The summed E-state index contributed by atoms with van der Waals surface area (Å²) in [5.41, 5.74) is 2.30. The Morgan fingerprint density at radius 2 is 2.06 bits per heavy atom. The van der Waals surface area contributed by atoms with E-state index >= 15 is 0 Å². The molecular formula is C23H20FN3O4S. The van der Waals surface area contributed by atoms with Crippen LogP contribution in [0.25, 0.3) is 11.3 Å². The monoisotopic (exact) mass is 453 g/mol. The molecule has 0 spiro atoms. The van der Waals surface area contributed by atoms with E-state index in [1.165, 1.54) is 22.3 Å². The molecule has 5 rings (SSSR count). The molecule has 7 nitrogen and oxygen atoms in total. The molecule has 0 atom stereocenters. The number of benzene rings is 2. The van der Waals surface area contributed by atoms with Crippen LogP contribution in [0.2, 0.25) is 0 Å². The van der Waals surface area contributed by atoms with Gasteiger partial charge in [0.05, 0.1) is 17.8 Å². The second kappa shape index (κ2) is 8.23. The van der Waals surface area contributed by atoms with Gasteiger partial charge in [-0.3, -0.25) is 9.59 Å². The molecule has 2 aliphatic rings. The summed E-state index contributed by atoms with van der Waals surface area (Å²) >= 11 is 1.33. The summed E-state index contributed by atoms with van der Waals surface area (Å²) in [6.45, 7) is 2.59. The number of aryl methyl sites for hydroxylation is 1. The highest BCUT2D eigenvalue weighted by molar-refractivity contribution is 7.16. The quantitative estimate of drug-likeness (QED) is 0.623. The zero-order valence-corrected chi connectivity index (χ0v) is 18.1. The largest absolute Gasteiger partial charge is 0.454 e. The van der Waals surface area contributed by atoms with Gasteiger partial charge in [0.2, 0.25) is 18.6 Å². The topological polar surface area (TPSA) is 80.8 Å². The van der Waals surface area contributed by atoms with Crippen molar-refractivity contribution in [2.45, 2.75) is 26.2 Å². The number of carbonyl (C=O) groups excluding carboxylic acids is 2. The SMILES string of the molecule is Cc1sc(NC(=O)Cc2ccc3c(c2)OCO3)nc1-c1ccc(N2CCCC2=O)c(F)c1. The molecule has 2 aliphatic heterocycles. The maximum Gasteiger partial charge on any atom is 0.231 e. The fourth-order valence-corrected chi connectivity index (χ4v) is 4.75. The lowest BCUT2D eigenvalue weighted by Crippen LogP contribution is -2.24. The van der Waals surface area contributed by atoms with Crippen molar-refractivity contribution in [3.8, 4) is 22.8 Å². The summed E-state index contributed by atoms with van der Waals surface area (Å²) in [5.74, 6) is 0.566. The zero-order chi connectivity index (χ0) is 22.2. The first-order chi connectivity index (χ1) is 15.5. The van der Waals surface area contributed by atoms with Gasteiger partial charge in [0.25, 0.3) is 0 Å². The van der Waals surface area contributed by atoms with Crippen molar-refractivity contribution in [2.24, 2.45) is 0 Å². The van der Waals surface area contributed by atoms with Gasteiger partial charge >= 0.3 is 0 Å². The number of hydrogen-bond donors (Lipinski definition) is 1. The molecule has 0 bridgehead atoms. The number of halogens is 1. The highest BCUT2D eigenvalue weighted by Gasteiger charge is 2.25. The Hall–Kier alpha value is -3.46. The lowest BCUT2D eigenvalue weighted by Gasteiger charge is -2.16. The van der Waals surface area contributed by atoms with E-state index in [4.69, 9.17) is 9.47 Å². The number of hydrogen-bond acceptors (Lipinski definition) is 6. The highest BCUT2D eigenvalue weighted by Crippen LogP contribution is 2.35. The van der Waals surface area contributed by atoms with Crippen LogP contribution >= 0.6 is 11.3 Å². The first kappa shape index (κ1) is 20.4. The number of aromatic nitrogens is 1. The van der Waals surface area contributed by atoms with E-state index in [2.05, 4.69) is 10.3 Å². The number of nitrogens with one attached hydrogen (secondary N) is 1. The van der Waals surface area contributed by atoms with Crippen molar-refractivity contribution in [2.75, 3.05) is 23.6 Å². The molecule has 1 saturated heterocycles. The minimum atomic E-state index is -0.460. The first-order valence-corrected chi connectivity index (χ1v) is 11.1. The molecule has 1 fully saturated rings. The van der Waals surface area contributed by atoms with Gasteiger partial charge in [-0.05, 0) is 43.2 Å². The molecule has 2 aromatic carbocycles. The van der Waals surface area contributed by atoms with E-state index in [1.54, 1.807) is 24.3 Å². The van der Waals surface area contributed by atoms with Crippen molar-refractivity contribution in [1.29, 1.82) is 0 Å². The Balaban J connectivity index is 1.30. The molecule has 0 radical (unpaired) electrons. The number of nitrogens with zero attached hydrogens (tertiary/aromatic N) is 2.